The number of amides is 1. The number of piperidine rings is 1. The van der Waals surface area contributed by atoms with Crippen molar-refractivity contribution in [2.75, 3.05) is 26.3 Å². The van der Waals surface area contributed by atoms with Crippen LogP contribution in [0.4, 0.5) is 0 Å². The Morgan fingerprint density at radius 1 is 1.19 bits per heavy atom. The summed E-state index contributed by atoms with van der Waals surface area (Å²) in [5.74, 6) is -2.18. The fourth-order valence-corrected chi connectivity index (χ4v) is 3.98. The molecule has 3 rings (SSSR count). The van der Waals surface area contributed by atoms with Crippen LogP contribution in [0.15, 0.2) is 0 Å². The fraction of sp³-hybridized carbons (Fsp3) is 0.867. The molecular formula is C15H23NO5. The summed E-state index contributed by atoms with van der Waals surface area (Å²) in [6, 6.07) is 0. The van der Waals surface area contributed by atoms with Crippen molar-refractivity contribution in [2.24, 2.45) is 17.8 Å². The van der Waals surface area contributed by atoms with Gasteiger partial charge in [-0.15, -0.1) is 0 Å². The average molecular weight is 297 g/mol. The van der Waals surface area contributed by atoms with E-state index in [0.717, 1.165) is 12.8 Å². The summed E-state index contributed by atoms with van der Waals surface area (Å²) in [6.45, 7) is 4.26. The van der Waals surface area contributed by atoms with E-state index in [0.29, 0.717) is 39.1 Å². The van der Waals surface area contributed by atoms with Gasteiger partial charge in [-0.1, -0.05) is 6.92 Å². The van der Waals surface area contributed by atoms with E-state index in [-0.39, 0.29) is 11.8 Å². The van der Waals surface area contributed by atoms with Crippen LogP contribution in [-0.2, 0) is 19.1 Å². The summed E-state index contributed by atoms with van der Waals surface area (Å²) in [5, 5.41) is 9.33. The lowest BCUT2D eigenvalue weighted by atomic mass is 9.93. The number of rotatable bonds is 2. The molecular weight excluding hydrogens is 274 g/mol. The van der Waals surface area contributed by atoms with Crippen molar-refractivity contribution in [1.82, 2.24) is 4.90 Å². The number of hydrogen-bond donors (Lipinski definition) is 1. The third kappa shape index (κ3) is 2.79. The van der Waals surface area contributed by atoms with Gasteiger partial charge in [-0.3, -0.25) is 9.59 Å². The molecule has 0 aromatic carbocycles. The van der Waals surface area contributed by atoms with Gasteiger partial charge in [-0.2, -0.15) is 0 Å². The number of carbonyl (C=O) groups is 2. The third-order valence-electron chi connectivity index (χ3n) is 4.98. The molecule has 21 heavy (non-hydrogen) atoms. The molecule has 1 amide bonds. The molecule has 6 nitrogen and oxygen atoms in total. The molecule has 6 heteroatoms. The molecule has 3 fully saturated rings. The quantitative estimate of drug-likeness (QED) is 0.826. The van der Waals surface area contributed by atoms with E-state index in [2.05, 4.69) is 0 Å². The molecule has 0 radical (unpaired) electrons. The zero-order valence-corrected chi connectivity index (χ0v) is 12.4. The monoisotopic (exact) mass is 297 g/mol. The Bertz CT molecular complexity index is 432. The average Bonchev–Trinajstić information content (AvgIpc) is 3.05. The van der Waals surface area contributed by atoms with E-state index in [1.807, 2.05) is 6.92 Å². The Kier molecular flexibility index (Phi) is 3.92. The summed E-state index contributed by atoms with van der Waals surface area (Å²) < 4.78 is 11.4. The van der Waals surface area contributed by atoms with Gasteiger partial charge in [0, 0.05) is 13.0 Å². The summed E-state index contributed by atoms with van der Waals surface area (Å²) in [6.07, 6.45) is 2.91. The Morgan fingerprint density at radius 3 is 2.52 bits per heavy atom. The Labute approximate surface area is 124 Å². The van der Waals surface area contributed by atoms with E-state index in [1.54, 1.807) is 4.90 Å². The predicted octanol–water partition coefficient (Wildman–Crippen LogP) is 1.10. The lowest BCUT2D eigenvalue weighted by molar-refractivity contribution is -0.195. The normalized spacial score (nSPS) is 35.3. The van der Waals surface area contributed by atoms with Gasteiger partial charge < -0.3 is 19.5 Å². The van der Waals surface area contributed by atoms with Crippen molar-refractivity contribution in [2.45, 2.75) is 38.4 Å². The molecule has 118 valence electrons. The highest BCUT2D eigenvalue weighted by molar-refractivity contribution is 5.85. The third-order valence-corrected chi connectivity index (χ3v) is 4.98. The van der Waals surface area contributed by atoms with Gasteiger partial charge in [-0.05, 0) is 25.2 Å². The molecule has 1 saturated carbocycles. The summed E-state index contributed by atoms with van der Waals surface area (Å²) in [4.78, 5) is 25.9. The van der Waals surface area contributed by atoms with Gasteiger partial charge in [0.1, 0.15) is 0 Å². The molecule has 0 aromatic heterocycles. The van der Waals surface area contributed by atoms with E-state index in [4.69, 9.17) is 9.47 Å². The second-order valence-corrected chi connectivity index (χ2v) is 6.60. The first kappa shape index (κ1) is 14.8. The SMILES string of the molecule is CC1C[C@H](C(=O)N2CCCC3(C2)OCCO3)[C@H](C(=O)O)C1. The second-order valence-electron chi connectivity index (χ2n) is 6.60. The van der Waals surface area contributed by atoms with Crippen LogP contribution in [0.5, 0.6) is 0 Å². The first-order chi connectivity index (χ1) is 10.0. The number of aliphatic carboxylic acids is 1. The maximum atomic E-state index is 12.8. The lowest BCUT2D eigenvalue weighted by Gasteiger charge is -2.39. The molecule has 0 aromatic rings. The van der Waals surface area contributed by atoms with E-state index < -0.39 is 23.6 Å². The fourth-order valence-electron chi connectivity index (χ4n) is 3.98. The van der Waals surface area contributed by atoms with Crippen molar-refractivity contribution in [1.29, 1.82) is 0 Å². The first-order valence-electron chi connectivity index (χ1n) is 7.80. The Balaban J connectivity index is 1.70. The van der Waals surface area contributed by atoms with Crippen LogP contribution in [0.1, 0.15) is 32.6 Å². The number of carbonyl (C=O) groups excluding carboxylic acids is 1. The number of carboxylic acids is 1. The highest BCUT2D eigenvalue weighted by Gasteiger charge is 2.47. The predicted molar refractivity (Wildman–Crippen MR) is 73.5 cm³/mol. The van der Waals surface area contributed by atoms with Crippen molar-refractivity contribution >= 4 is 11.9 Å². The zero-order valence-electron chi connectivity index (χ0n) is 12.4. The molecule has 1 spiro atoms. The van der Waals surface area contributed by atoms with Gasteiger partial charge in [0.25, 0.3) is 0 Å². The van der Waals surface area contributed by atoms with Crippen molar-refractivity contribution in [3.8, 4) is 0 Å². The van der Waals surface area contributed by atoms with Crippen LogP contribution < -0.4 is 0 Å². The first-order valence-corrected chi connectivity index (χ1v) is 7.80. The molecule has 0 bridgehead atoms. The van der Waals surface area contributed by atoms with Crippen molar-refractivity contribution in [3.05, 3.63) is 0 Å². The maximum absolute atomic E-state index is 12.8. The molecule has 2 aliphatic heterocycles. The zero-order chi connectivity index (χ0) is 15.0. The van der Waals surface area contributed by atoms with Crippen LogP contribution in [-0.4, -0.2) is 54.0 Å². The van der Waals surface area contributed by atoms with Gasteiger partial charge in [0.15, 0.2) is 5.79 Å². The molecule has 3 atom stereocenters. The smallest absolute Gasteiger partial charge is 0.307 e. The Morgan fingerprint density at radius 2 is 1.86 bits per heavy atom. The number of nitrogens with zero attached hydrogens (tertiary/aromatic N) is 1. The summed E-state index contributed by atoms with van der Waals surface area (Å²) >= 11 is 0. The molecule has 1 N–H and O–H groups in total. The summed E-state index contributed by atoms with van der Waals surface area (Å²) in [5.41, 5.74) is 0. The van der Waals surface area contributed by atoms with Crippen LogP contribution in [0.3, 0.4) is 0 Å². The minimum Gasteiger partial charge on any atom is -0.481 e. The molecule has 1 unspecified atom stereocenters. The van der Waals surface area contributed by atoms with Crippen molar-refractivity contribution < 1.29 is 24.2 Å². The molecule has 2 heterocycles. The maximum Gasteiger partial charge on any atom is 0.307 e. The van der Waals surface area contributed by atoms with Crippen LogP contribution in [0, 0.1) is 17.8 Å². The number of likely N-dealkylation sites (tertiary alicyclic amines) is 1. The van der Waals surface area contributed by atoms with Crippen LogP contribution in [0.25, 0.3) is 0 Å². The minimum absolute atomic E-state index is 0.0371. The number of hydrogen-bond acceptors (Lipinski definition) is 4. The topological polar surface area (TPSA) is 76.1 Å². The van der Waals surface area contributed by atoms with Gasteiger partial charge in [0.05, 0.1) is 31.6 Å². The highest BCUT2D eigenvalue weighted by Crippen LogP contribution is 2.39. The van der Waals surface area contributed by atoms with Crippen molar-refractivity contribution in [3.63, 3.8) is 0 Å². The second kappa shape index (κ2) is 5.57. The minimum atomic E-state index is -0.849. The van der Waals surface area contributed by atoms with E-state index in [1.165, 1.54) is 0 Å². The van der Waals surface area contributed by atoms with Gasteiger partial charge in [0.2, 0.25) is 5.91 Å². The van der Waals surface area contributed by atoms with Gasteiger partial charge in [-0.25, -0.2) is 0 Å². The largest absolute Gasteiger partial charge is 0.481 e. The standard InChI is InChI=1S/C15H23NO5/c1-10-7-11(12(8-10)14(18)19)13(17)16-4-2-3-15(9-16)20-5-6-21-15/h10-12H,2-9H2,1H3,(H,18,19)/t10?,11-,12+/m0/s1. The van der Waals surface area contributed by atoms with Crippen LogP contribution >= 0.6 is 0 Å². The summed E-state index contributed by atoms with van der Waals surface area (Å²) in [7, 11) is 0. The highest BCUT2D eigenvalue weighted by atomic mass is 16.7. The number of ether oxygens (including phenoxy) is 2. The molecule has 1 aliphatic carbocycles. The van der Waals surface area contributed by atoms with Crippen LogP contribution in [0.2, 0.25) is 0 Å². The molecule has 2 saturated heterocycles. The number of carboxylic acid groups (broad SMARTS) is 1. The van der Waals surface area contributed by atoms with E-state index >= 15 is 0 Å². The Hall–Kier alpha value is -1.14. The van der Waals surface area contributed by atoms with Gasteiger partial charge >= 0.3 is 5.97 Å². The lowest BCUT2D eigenvalue weighted by Crippen LogP contribution is -2.53. The van der Waals surface area contributed by atoms with E-state index in [9.17, 15) is 14.7 Å². The molecule has 3 aliphatic rings.